The summed E-state index contributed by atoms with van der Waals surface area (Å²) >= 11 is 6.00. The second-order valence-corrected chi connectivity index (χ2v) is 7.67. The summed E-state index contributed by atoms with van der Waals surface area (Å²) in [5.41, 5.74) is 0.592. The standard InChI is InChI=1S/C22H23ClN2O5/c1-24(2)10-11-25-19(13-4-6-14(23)7-5-13)18(21(28)22(25)29)20(27)16-9-8-15(30-3)12-17(16)26/h4-9,12,19,26-27H,10-11H2,1-3H3/b20-18-. The summed E-state index contributed by atoms with van der Waals surface area (Å²) in [5.74, 6) is -1.82. The van der Waals surface area contributed by atoms with Crippen LogP contribution in [0.25, 0.3) is 5.76 Å². The first-order valence-corrected chi connectivity index (χ1v) is 9.68. The van der Waals surface area contributed by atoms with Gasteiger partial charge in [0.2, 0.25) is 0 Å². The third kappa shape index (κ3) is 4.13. The molecule has 158 valence electrons. The number of aliphatic hydroxyl groups excluding tert-OH is 1. The van der Waals surface area contributed by atoms with E-state index in [1.165, 1.54) is 24.1 Å². The maximum absolute atomic E-state index is 12.9. The minimum Gasteiger partial charge on any atom is -0.507 e. The van der Waals surface area contributed by atoms with Crippen molar-refractivity contribution in [1.29, 1.82) is 0 Å². The summed E-state index contributed by atoms with van der Waals surface area (Å²) in [6, 6.07) is 10.3. The number of carbonyl (C=O) groups excluding carboxylic acids is 2. The maximum Gasteiger partial charge on any atom is 0.295 e. The van der Waals surface area contributed by atoms with E-state index in [-0.39, 0.29) is 23.4 Å². The number of ether oxygens (including phenoxy) is 1. The van der Waals surface area contributed by atoms with Crippen LogP contribution in [0.1, 0.15) is 17.2 Å². The Bertz CT molecular complexity index is 1000. The molecule has 1 amide bonds. The van der Waals surface area contributed by atoms with Crippen molar-refractivity contribution < 1.29 is 24.5 Å². The molecule has 0 aliphatic carbocycles. The van der Waals surface area contributed by atoms with Gasteiger partial charge in [-0.2, -0.15) is 0 Å². The highest BCUT2D eigenvalue weighted by Gasteiger charge is 2.46. The first kappa shape index (κ1) is 21.7. The number of phenols is 1. The fourth-order valence-corrected chi connectivity index (χ4v) is 3.52. The van der Waals surface area contributed by atoms with Gasteiger partial charge in [-0.3, -0.25) is 9.59 Å². The molecule has 30 heavy (non-hydrogen) atoms. The molecular formula is C22H23ClN2O5. The summed E-state index contributed by atoms with van der Waals surface area (Å²) in [4.78, 5) is 29.0. The molecule has 0 aromatic heterocycles. The Morgan fingerprint density at radius 3 is 2.40 bits per heavy atom. The van der Waals surface area contributed by atoms with Crippen molar-refractivity contribution in [2.75, 3.05) is 34.3 Å². The number of aromatic hydroxyl groups is 1. The molecule has 0 bridgehead atoms. The Morgan fingerprint density at radius 2 is 1.83 bits per heavy atom. The molecule has 2 aromatic carbocycles. The number of hydrogen-bond acceptors (Lipinski definition) is 6. The van der Waals surface area contributed by atoms with Crippen molar-refractivity contribution in [3.8, 4) is 11.5 Å². The van der Waals surface area contributed by atoms with Gasteiger partial charge in [0, 0.05) is 24.2 Å². The lowest BCUT2D eigenvalue weighted by molar-refractivity contribution is -0.140. The maximum atomic E-state index is 12.9. The molecule has 8 heteroatoms. The number of likely N-dealkylation sites (tertiary alicyclic amines) is 1. The Balaban J connectivity index is 2.16. The number of ketones is 1. The van der Waals surface area contributed by atoms with Gasteiger partial charge in [-0.05, 0) is 43.9 Å². The molecule has 1 aliphatic heterocycles. The first-order chi connectivity index (χ1) is 14.2. The first-order valence-electron chi connectivity index (χ1n) is 9.30. The zero-order chi connectivity index (χ0) is 22.0. The quantitative estimate of drug-likeness (QED) is 0.416. The van der Waals surface area contributed by atoms with Crippen LogP contribution in [0, 0.1) is 0 Å². The average molecular weight is 431 g/mol. The smallest absolute Gasteiger partial charge is 0.295 e. The van der Waals surface area contributed by atoms with Crippen LogP contribution in [0.2, 0.25) is 5.02 Å². The molecule has 0 radical (unpaired) electrons. The van der Waals surface area contributed by atoms with Gasteiger partial charge in [0.25, 0.3) is 11.7 Å². The van der Waals surface area contributed by atoms with Crippen LogP contribution < -0.4 is 4.74 Å². The highest BCUT2D eigenvalue weighted by atomic mass is 35.5. The van der Waals surface area contributed by atoms with Crippen LogP contribution in [0.3, 0.4) is 0 Å². The van der Waals surface area contributed by atoms with Gasteiger partial charge in [-0.1, -0.05) is 23.7 Å². The average Bonchev–Trinajstić information content (AvgIpc) is 2.96. The molecule has 0 saturated carbocycles. The number of aliphatic hydroxyl groups is 1. The van der Waals surface area contributed by atoms with Crippen LogP contribution in [0.4, 0.5) is 0 Å². The number of nitrogens with zero attached hydrogens (tertiary/aromatic N) is 2. The zero-order valence-electron chi connectivity index (χ0n) is 16.9. The summed E-state index contributed by atoms with van der Waals surface area (Å²) < 4.78 is 5.06. The molecule has 7 nitrogen and oxygen atoms in total. The third-order valence-electron chi connectivity index (χ3n) is 4.97. The van der Waals surface area contributed by atoms with Gasteiger partial charge in [-0.15, -0.1) is 0 Å². The number of methoxy groups -OCH3 is 1. The fourth-order valence-electron chi connectivity index (χ4n) is 3.39. The highest BCUT2D eigenvalue weighted by Crippen LogP contribution is 2.41. The number of carbonyl (C=O) groups is 2. The molecule has 1 atom stereocenters. The predicted molar refractivity (Wildman–Crippen MR) is 114 cm³/mol. The molecule has 2 N–H and O–H groups in total. The predicted octanol–water partition coefficient (Wildman–Crippen LogP) is 3.04. The summed E-state index contributed by atoms with van der Waals surface area (Å²) in [6.07, 6.45) is 0. The molecule has 1 heterocycles. The number of Topliss-reactive ketones (excluding diaryl/α,β-unsaturated/α-hetero) is 1. The Hall–Kier alpha value is -3.03. The number of likely N-dealkylation sites (N-methyl/N-ethyl adjacent to an activating group) is 1. The summed E-state index contributed by atoms with van der Waals surface area (Å²) in [6.45, 7) is 0.821. The molecule has 0 spiro atoms. The van der Waals surface area contributed by atoms with E-state index in [2.05, 4.69) is 0 Å². The molecule has 2 aromatic rings. The molecule has 1 unspecified atom stereocenters. The number of halogens is 1. The highest BCUT2D eigenvalue weighted by molar-refractivity contribution is 6.46. The lowest BCUT2D eigenvalue weighted by Gasteiger charge is -2.26. The van der Waals surface area contributed by atoms with E-state index in [4.69, 9.17) is 16.3 Å². The normalized spacial score (nSPS) is 18.3. The van der Waals surface area contributed by atoms with Crippen LogP contribution in [0.5, 0.6) is 11.5 Å². The van der Waals surface area contributed by atoms with Gasteiger partial charge in [0.15, 0.2) is 0 Å². The van der Waals surface area contributed by atoms with Crippen molar-refractivity contribution >= 4 is 29.1 Å². The summed E-state index contributed by atoms with van der Waals surface area (Å²) in [7, 11) is 5.18. The van der Waals surface area contributed by atoms with Gasteiger partial charge in [0.05, 0.1) is 24.3 Å². The second kappa shape index (κ2) is 8.77. The van der Waals surface area contributed by atoms with Crippen LogP contribution >= 0.6 is 11.6 Å². The van der Waals surface area contributed by atoms with Gasteiger partial charge in [-0.25, -0.2) is 0 Å². The van der Waals surface area contributed by atoms with E-state index >= 15 is 0 Å². The lowest BCUT2D eigenvalue weighted by Crippen LogP contribution is -2.35. The fraction of sp³-hybridized carbons (Fsp3) is 0.273. The van der Waals surface area contributed by atoms with Crippen molar-refractivity contribution in [3.63, 3.8) is 0 Å². The molecule has 1 saturated heterocycles. The monoisotopic (exact) mass is 430 g/mol. The van der Waals surface area contributed by atoms with Crippen LogP contribution in [-0.2, 0) is 9.59 Å². The Labute approximate surface area is 179 Å². The molecular weight excluding hydrogens is 408 g/mol. The largest absolute Gasteiger partial charge is 0.507 e. The number of phenolic OH excluding ortho intramolecular Hbond substituents is 1. The summed E-state index contributed by atoms with van der Waals surface area (Å²) in [5, 5.41) is 21.8. The van der Waals surface area contributed by atoms with E-state index in [9.17, 15) is 19.8 Å². The Kier molecular flexibility index (Phi) is 6.34. The van der Waals surface area contributed by atoms with Crippen molar-refractivity contribution in [3.05, 3.63) is 64.2 Å². The van der Waals surface area contributed by atoms with E-state index in [1.54, 1.807) is 30.3 Å². The van der Waals surface area contributed by atoms with Crippen LogP contribution in [-0.4, -0.2) is 66.0 Å². The molecule has 3 rings (SSSR count). The van der Waals surface area contributed by atoms with Crippen molar-refractivity contribution in [2.24, 2.45) is 0 Å². The molecule has 1 aliphatic rings. The topological polar surface area (TPSA) is 90.3 Å². The minimum absolute atomic E-state index is 0.0420. The van der Waals surface area contributed by atoms with Crippen molar-refractivity contribution in [2.45, 2.75) is 6.04 Å². The van der Waals surface area contributed by atoms with E-state index in [0.29, 0.717) is 22.9 Å². The molecule has 1 fully saturated rings. The third-order valence-corrected chi connectivity index (χ3v) is 5.23. The number of rotatable bonds is 6. The SMILES string of the molecule is COc1ccc(/C(O)=C2/C(=O)C(=O)N(CCN(C)C)C2c2ccc(Cl)cc2)c(O)c1. The van der Waals surface area contributed by atoms with Gasteiger partial charge in [0.1, 0.15) is 17.3 Å². The van der Waals surface area contributed by atoms with Gasteiger partial charge < -0.3 is 24.7 Å². The lowest BCUT2D eigenvalue weighted by atomic mass is 9.95. The second-order valence-electron chi connectivity index (χ2n) is 7.23. The Morgan fingerprint density at radius 1 is 1.17 bits per heavy atom. The van der Waals surface area contributed by atoms with E-state index < -0.39 is 23.5 Å². The number of benzene rings is 2. The van der Waals surface area contributed by atoms with Gasteiger partial charge >= 0.3 is 0 Å². The number of hydrogen-bond donors (Lipinski definition) is 2. The number of amides is 1. The van der Waals surface area contributed by atoms with Crippen LogP contribution in [0.15, 0.2) is 48.0 Å². The zero-order valence-corrected chi connectivity index (χ0v) is 17.7. The van der Waals surface area contributed by atoms with E-state index in [0.717, 1.165) is 0 Å². The van der Waals surface area contributed by atoms with Crippen molar-refractivity contribution in [1.82, 2.24) is 9.80 Å². The minimum atomic E-state index is -0.804. The van der Waals surface area contributed by atoms with E-state index in [1.807, 2.05) is 19.0 Å².